The number of thioether (sulfide) groups is 1. The van der Waals surface area contributed by atoms with Gasteiger partial charge in [-0.1, -0.05) is 45.5 Å². The Bertz CT molecular complexity index is 583. The summed E-state index contributed by atoms with van der Waals surface area (Å²) in [6, 6.07) is 6.47. The van der Waals surface area contributed by atoms with E-state index in [0.717, 1.165) is 22.6 Å². The number of aromatic nitrogens is 2. The van der Waals surface area contributed by atoms with Crippen LogP contribution in [0.15, 0.2) is 23.4 Å². The molecule has 0 bridgehead atoms. The van der Waals surface area contributed by atoms with E-state index in [1.807, 2.05) is 0 Å². The molecule has 4 heteroatoms. The summed E-state index contributed by atoms with van der Waals surface area (Å²) >= 11 is 1.77. The minimum atomic E-state index is 0.148. The van der Waals surface area contributed by atoms with Crippen LogP contribution in [0.4, 0.5) is 0 Å². The fourth-order valence-electron chi connectivity index (χ4n) is 2.40. The Hall–Kier alpha value is -1.00. The first-order valence-corrected chi connectivity index (χ1v) is 8.08. The summed E-state index contributed by atoms with van der Waals surface area (Å²) in [7, 11) is 0. The number of aryl methyl sites for hydroxylation is 1. The number of nitrogens with two attached hydrogens (primary N) is 1. The van der Waals surface area contributed by atoms with Gasteiger partial charge in [-0.2, -0.15) is 0 Å². The van der Waals surface area contributed by atoms with E-state index in [1.165, 1.54) is 5.56 Å². The van der Waals surface area contributed by atoms with Crippen LogP contribution in [0.2, 0.25) is 0 Å². The predicted molar refractivity (Wildman–Crippen MR) is 88.2 cm³/mol. The molecule has 110 valence electrons. The van der Waals surface area contributed by atoms with Crippen molar-refractivity contribution in [3.8, 4) is 0 Å². The van der Waals surface area contributed by atoms with Crippen LogP contribution in [0.25, 0.3) is 11.0 Å². The van der Waals surface area contributed by atoms with Crippen LogP contribution in [0.5, 0.6) is 0 Å². The van der Waals surface area contributed by atoms with Gasteiger partial charge in [0.1, 0.15) is 0 Å². The molecule has 0 aliphatic carbocycles. The molecule has 1 heterocycles. The van der Waals surface area contributed by atoms with Crippen molar-refractivity contribution < 1.29 is 0 Å². The number of nitrogens with one attached hydrogen (secondary N) is 1. The van der Waals surface area contributed by atoms with E-state index < -0.39 is 0 Å². The molecule has 3 nitrogen and oxygen atoms in total. The largest absolute Gasteiger partial charge is 0.333 e. The highest BCUT2D eigenvalue weighted by Crippen LogP contribution is 2.37. The molecule has 1 aromatic carbocycles. The third-order valence-corrected chi connectivity index (χ3v) is 5.30. The lowest BCUT2D eigenvalue weighted by atomic mass is 9.87. The first-order chi connectivity index (χ1) is 9.31. The van der Waals surface area contributed by atoms with Crippen LogP contribution in [0.1, 0.15) is 39.7 Å². The SMILES string of the molecule is CCC(N)C(Sc1nc2ccc(C)cc2[nH]1)C(C)(C)C. The lowest BCUT2D eigenvalue weighted by molar-refractivity contribution is 0.350. The number of imidazole rings is 1. The first kappa shape index (κ1) is 15.4. The van der Waals surface area contributed by atoms with Gasteiger partial charge in [-0.3, -0.25) is 0 Å². The molecule has 0 aliphatic rings. The van der Waals surface area contributed by atoms with Crippen molar-refractivity contribution in [3.63, 3.8) is 0 Å². The van der Waals surface area contributed by atoms with E-state index in [-0.39, 0.29) is 11.5 Å². The van der Waals surface area contributed by atoms with E-state index in [2.05, 4.69) is 62.8 Å². The molecule has 2 unspecified atom stereocenters. The summed E-state index contributed by atoms with van der Waals surface area (Å²) in [6.45, 7) is 11.0. The highest BCUT2D eigenvalue weighted by Gasteiger charge is 2.31. The van der Waals surface area contributed by atoms with Gasteiger partial charge in [0.05, 0.1) is 11.0 Å². The second-order valence-electron chi connectivity index (χ2n) is 6.54. The third kappa shape index (κ3) is 3.36. The summed E-state index contributed by atoms with van der Waals surface area (Å²) in [5.74, 6) is 0. The van der Waals surface area contributed by atoms with Crippen molar-refractivity contribution >= 4 is 22.8 Å². The molecule has 3 N–H and O–H groups in total. The van der Waals surface area contributed by atoms with Crippen LogP contribution < -0.4 is 5.73 Å². The van der Waals surface area contributed by atoms with Crippen molar-refractivity contribution in [2.75, 3.05) is 0 Å². The van der Waals surface area contributed by atoms with Crippen LogP contribution in [0.3, 0.4) is 0 Å². The predicted octanol–water partition coefficient (Wildman–Crippen LogP) is 4.12. The Kier molecular flexibility index (Phi) is 4.45. The second kappa shape index (κ2) is 5.78. The number of H-pyrrole nitrogens is 1. The maximum absolute atomic E-state index is 6.31. The van der Waals surface area contributed by atoms with Crippen molar-refractivity contribution in [2.24, 2.45) is 11.1 Å². The maximum Gasteiger partial charge on any atom is 0.166 e. The minimum Gasteiger partial charge on any atom is -0.333 e. The molecule has 1 aromatic heterocycles. The monoisotopic (exact) mass is 291 g/mol. The molecule has 2 atom stereocenters. The van der Waals surface area contributed by atoms with Crippen molar-refractivity contribution in [3.05, 3.63) is 23.8 Å². The Morgan fingerprint density at radius 1 is 1.35 bits per heavy atom. The van der Waals surface area contributed by atoms with Crippen molar-refractivity contribution in [1.82, 2.24) is 9.97 Å². The molecule has 0 radical (unpaired) electrons. The number of rotatable bonds is 4. The highest BCUT2D eigenvalue weighted by molar-refractivity contribution is 7.99. The summed E-state index contributed by atoms with van der Waals surface area (Å²) < 4.78 is 0. The summed E-state index contributed by atoms with van der Waals surface area (Å²) in [5.41, 5.74) is 9.83. The normalized spacial score (nSPS) is 15.5. The lowest BCUT2D eigenvalue weighted by Crippen LogP contribution is -2.40. The molecule has 0 saturated heterocycles. The quantitative estimate of drug-likeness (QED) is 0.833. The van der Waals surface area contributed by atoms with Crippen LogP contribution in [-0.4, -0.2) is 21.3 Å². The molecule has 0 spiro atoms. The molecule has 2 aromatic rings. The van der Waals surface area contributed by atoms with E-state index in [0.29, 0.717) is 5.25 Å². The van der Waals surface area contributed by atoms with Gasteiger partial charge in [0.25, 0.3) is 0 Å². The molecule has 0 fully saturated rings. The number of fused-ring (bicyclic) bond motifs is 1. The molecule has 0 amide bonds. The van der Waals surface area contributed by atoms with E-state index in [1.54, 1.807) is 11.8 Å². The van der Waals surface area contributed by atoms with Crippen molar-refractivity contribution in [2.45, 2.75) is 57.5 Å². The van der Waals surface area contributed by atoms with Crippen molar-refractivity contribution in [1.29, 1.82) is 0 Å². The third-order valence-electron chi connectivity index (χ3n) is 3.57. The summed E-state index contributed by atoms with van der Waals surface area (Å²) in [4.78, 5) is 8.09. The van der Waals surface area contributed by atoms with Crippen LogP contribution >= 0.6 is 11.8 Å². The van der Waals surface area contributed by atoms with Gasteiger partial charge in [-0.25, -0.2) is 4.98 Å². The first-order valence-electron chi connectivity index (χ1n) is 7.20. The molecule has 0 aliphatic heterocycles. The Morgan fingerprint density at radius 3 is 2.65 bits per heavy atom. The number of benzene rings is 1. The summed E-state index contributed by atoms with van der Waals surface area (Å²) in [5, 5.41) is 1.31. The van der Waals surface area contributed by atoms with Gasteiger partial charge >= 0.3 is 0 Å². The fourth-order valence-corrected chi connectivity index (χ4v) is 3.68. The smallest absolute Gasteiger partial charge is 0.166 e. The van der Waals surface area contributed by atoms with Crippen LogP contribution in [-0.2, 0) is 0 Å². The average molecular weight is 291 g/mol. The topological polar surface area (TPSA) is 54.7 Å². The lowest BCUT2D eigenvalue weighted by Gasteiger charge is -2.33. The molecular weight excluding hydrogens is 266 g/mol. The number of hydrogen-bond donors (Lipinski definition) is 2. The Morgan fingerprint density at radius 2 is 2.05 bits per heavy atom. The highest BCUT2D eigenvalue weighted by atomic mass is 32.2. The number of nitrogens with zero attached hydrogens (tertiary/aromatic N) is 1. The molecular formula is C16H25N3S. The number of aromatic amines is 1. The van der Waals surface area contributed by atoms with Gasteiger partial charge in [0, 0.05) is 11.3 Å². The zero-order chi connectivity index (χ0) is 14.9. The van der Waals surface area contributed by atoms with Gasteiger partial charge < -0.3 is 10.7 Å². The van der Waals surface area contributed by atoms with Crippen LogP contribution in [0, 0.1) is 12.3 Å². The van der Waals surface area contributed by atoms with E-state index in [4.69, 9.17) is 5.73 Å². The standard InChI is InChI=1S/C16H25N3S/c1-6-11(17)14(16(3,4)5)20-15-18-12-8-7-10(2)9-13(12)19-15/h7-9,11,14H,6,17H2,1-5H3,(H,18,19). The zero-order valence-electron chi connectivity index (χ0n) is 13.0. The summed E-state index contributed by atoms with van der Waals surface area (Å²) in [6.07, 6.45) is 0.980. The average Bonchev–Trinajstić information content (AvgIpc) is 2.75. The minimum absolute atomic E-state index is 0.148. The van der Waals surface area contributed by atoms with Gasteiger partial charge in [0.2, 0.25) is 0 Å². The maximum atomic E-state index is 6.31. The number of hydrogen-bond acceptors (Lipinski definition) is 3. The Balaban J connectivity index is 2.28. The molecule has 0 saturated carbocycles. The van der Waals surface area contributed by atoms with Gasteiger partial charge in [-0.15, -0.1) is 0 Å². The molecule has 2 rings (SSSR count). The van der Waals surface area contributed by atoms with Gasteiger partial charge in [-0.05, 0) is 36.5 Å². The van der Waals surface area contributed by atoms with E-state index in [9.17, 15) is 0 Å². The van der Waals surface area contributed by atoms with Gasteiger partial charge in [0.15, 0.2) is 5.16 Å². The van der Waals surface area contributed by atoms with E-state index >= 15 is 0 Å². The Labute approximate surface area is 125 Å². The zero-order valence-corrected chi connectivity index (χ0v) is 13.8. The second-order valence-corrected chi connectivity index (χ2v) is 7.67. The fraction of sp³-hybridized carbons (Fsp3) is 0.562. The molecule has 20 heavy (non-hydrogen) atoms.